The molecule has 0 spiro atoms. The van der Waals surface area contributed by atoms with Crippen molar-refractivity contribution < 1.29 is 14.3 Å². The summed E-state index contributed by atoms with van der Waals surface area (Å²) in [5.74, 6) is 0.705. The van der Waals surface area contributed by atoms with Crippen LogP contribution in [0, 0.1) is 0 Å². The van der Waals surface area contributed by atoms with Crippen molar-refractivity contribution in [2.45, 2.75) is 18.3 Å². The Bertz CT molecular complexity index is 813. The van der Waals surface area contributed by atoms with Crippen molar-refractivity contribution in [3.63, 3.8) is 0 Å². The molecule has 0 bridgehead atoms. The lowest BCUT2D eigenvalue weighted by atomic mass is 9.73. The molecule has 4 nitrogen and oxygen atoms in total. The summed E-state index contributed by atoms with van der Waals surface area (Å²) in [4.78, 5) is 12.4. The van der Waals surface area contributed by atoms with Gasteiger partial charge in [-0.15, -0.1) is 0 Å². The molecule has 0 saturated carbocycles. The van der Waals surface area contributed by atoms with Gasteiger partial charge < -0.3 is 14.8 Å². The van der Waals surface area contributed by atoms with Gasteiger partial charge >= 0.3 is 0 Å². The van der Waals surface area contributed by atoms with Crippen molar-refractivity contribution >= 4 is 23.6 Å². The highest BCUT2D eigenvalue weighted by Crippen LogP contribution is 2.39. The van der Waals surface area contributed by atoms with Gasteiger partial charge in [-0.25, -0.2) is 0 Å². The average Bonchev–Trinajstić information content (AvgIpc) is 2.72. The summed E-state index contributed by atoms with van der Waals surface area (Å²) in [6.45, 7) is 1.87. The number of halogens is 1. The second kappa shape index (κ2) is 9.07. The lowest BCUT2D eigenvalue weighted by molar-refractivity contribution is -0.116. The van der Waals surface area contributed by atoms with E-state index in [0.29, 0.717) is 24.8 Å². The fourth-order valence-corrected chi connectivity index (χ4v) is 3.68. The van der Waals surface area contributed by atoms with E-state index in [2.05, 4.69) is 11.4 Å². The Balaban J connectivity index is 1.74. The van der Waals surface area contributed by atoms with E-state index in [1.165, 1.54) is 6.08 Å². The van der Waals surface area contributed by atoms with Crippen molar-refractivity contribution in [1.82, 2.24) is 5.32 Å². The smallest absolute Gasteiger partial charge is 0.244 e. The maximum Gasteiger partial charge on any atom is 0.244 e. The normalized spacial score (nSPS) is 16.2. The summed E-state index contributed by atoms with van der Waals surface area (Å²) in [6.07, 6.45) is 4.93. The molecule has 1 N–H and O–H groups in total. The van der Waals surface area contributed by atoms with Gasteiger partial charge in [-0.05, 0) is 36.6 Å². The first kappa shape index (κ1) is 19.5. The SMILES string of the molecule is COc1ccccc1C1(CNC(=O)C=Cc2ccccc2Cl)CCOCC1. The van der Waals surface area contributed by atoms with Crippen LogP contribution in [0.3, 0.4) is 0 Å². The van der Waals surface area contributed by atoms with Crippen molar-refractivity contribution in [1.29, 1.82) is 0 Å². The Labute approximate surface area is 165 Å². The average molecular weight is 386 g/mol. The molecule has 1 heterocycles. The Kier molecular flexibility index (Phi) is 6.54. The van der Waals surface area contributed by atoms with Gasteiger partial charge in [0.15, 0.2) is 0 Å². The molecule has 0 aliphatic carbocycles. The first-order valence-corrected chi connectivity index (χ1v) is 9.44. The Morgan fingerprint density at radius 2 is 1.89 bits per heavy atom. The minimum atomic E-state index is -0.196. The molecule has 1 fully saturated rings. The zero-order valence-corrected chi connectivity index (χ0v) is 16.2. The van der Waals surface area contributed by atoms with Crippen molar-refractivity contribution in [2.24, 2.45) is 0 Å². The van der Waals surface area contributed by atoms with E-state index in [1.54, 1.807) is 19.3 Å². The first-order valence-electron chi connectivity index (χ1n) is 9.06. The Morgan fingerprint density at radius 3 is 2.63 bits per heavy atom. The van der Waals surface area contributed by atoms with E-state index in [0.717, 1.165) is 29.7 Å². The highest BCUT2D eigenvalue weighted by molar-refractivity contribution is 6.32. The summed E-state index contributed by atoms with van der Waals surface area (Å²) < 4.78 is 11.1. The van der Waals surface area contributed by atoms with Crippen LogP contribution in [0.1, 0.15) is 24.0 Å². The zero-order valence-electron chi connectivity index (χ0n) is 15.4. The molecule has 5 heteroatoms. The molecule has 1 amide bonds. The maximum atomic E-state index is 12.4. The fourth-order valence-electron chi connectivity index (χ4n) is 3.48. The van der Waals surface area contributed by atoms with Crippen LogP contribution >= 0.6 is 11.6 Å². The largest absolute Gasteiger partial charge is 0.496 e. The highest BCUT2D eigenvalue weighted by atomic mass is 35.5. The van der Waals surface area contributed by atoms with Crippen LogP contribution in [0.5, 0.6) is 5.75 Å². The van der Waals surface area contributed by atoms with Gasteiger partial charge in [-0.3, -0.25) is 4.79 Å². The lowest BCUT2D eigenvalue weighted by Crippen LogP contribution is -2.44. The van der Waals surface area contributed by atoms with E-state index in [9.17, 15) is 4.79 Å². The van der Waals surface area contributed by atoms with Gasteiger partial charge in [0.2, 0.25) is 5.91 Å². The van der Waals surface area contributed by atoms with Crippen LogP contribution in [0.15, 0.2) is 54.6 Å². The molecule has 3 rings (SSSR count). The predicted molar refractivity (Wildman–Crippen MR) is 108 cm³/mol. The van der Waals surface area contributed by atoms with Gasteiger partial charge in [-0.1, -0.05) is 48.0 Å². The fraction of sp³-hybridized carbons (Fsp3) is 0.318. The van der Waals surface area contributed by atoms with Gasteiger partial charge in [0.25, 0.3) is 0 Å². The number of carbonyl (C=O) groups excluding carboxylic acids is 1. The number of amides is 1. The third-order valence-electron chi connectivity index (χ3n) is 5.05. The lowest BCUT2D eigenvalue weighted by Gasteiger charge is -2.38. The van der Waals surface area contributed by atoms with Crippen LogP contribution in [-0.2, 0) is 14.9 Å². The summed E-state index contributed by atoms with van der Waals surface area (Å²) >= 11 is 6.13. The molecule has 142 valence electrons. The second-order valence-corrected chi connectivity index (χ2v) is 7.07. The molecule has 1 aliphatic heterocycles. The van der Waals surface area contributed by atoms with Crippen molar-refractivity contribution in [2.75, 3.05) is 26.9 Å². The molecule has 0 radical (unpaired) electrons. The molecule has 1 aliphatic rings. The standard InChI is InChI=1S/C22H24ClNO3/c1-26-20-9-5-3-7-18(20)22(12-14-27-15-13-22)16-24-21(25)11-10-17-6-2-4-8-19(17)23/h2-11H,12-16H2,1H3,(H,24,25). The Hall–Kier alpha value is -2.30. The van der Waals surface area contributed by atoms with E-state index >= 15 is 0 Å². The molecule has 0 atom stereocenters. The number of hydrogen-bond acceptors (Lipinski definition) is 3. The predicted octanol–water partition coefficient (Wildman–Crippen LogP) is 4.23. The van der Waals surface area contributed by atoms with Gasteiger partial charge in [0.1, 0.15) is 5.75 Å². The van der Waals surface area contributed by atoms with Gasteiger partial charge in [0, 0.05) is 41.8 Å². The quantitative estimate of drug-likeness (QED) is 0.757. The molecular weight excluding hydrogens is 362 g/mol. The van der Waals surface area contributed by atoms with E-state index in [4.69, 9.17) is 21.1 Å². The van der Waals surface area contributed by atoms with E-state index in [-0.39, 0.29) is 11.3 Å². The number of nitrogens with one attached hydrogen (secondary N) is 1. The van der Waals surface area contributed by atoms with Crippen molar-refractivity contribution in [3.8, 4) is 5.75 Å². The molecule has 1 saturated heterocycles. The molecular formula is C22H24ClNO3. The van der Waals surface area contributed by atoms with Crippen molar-refractivity contribution in [3.05, 3.63) is 70.8 Å². The molecule has 27 heavy (non-hydrogen) atoms. The van der Waals surface area contributed by atoms with E-state index in [1.807, 2.05) is 36.4 Å². The Morgan fingerprint density at radius 1 is 1.19 bits per heavy atom. The van der Waals surface area contributed by atoms with Crippen LogP contribution in [-0.4, -0.2) is 32.8 Å². The summed E-state index contributed by atoms with van der Waals surface area (Å²) in [5.41, 5.74) is 1.74. The zero-order chi connectivity index (χ0) is 19.1. The number of para-hydroxylation sites is 1. The molecule has 2 aromatic rings. The van der Waals surface area contributed by atoms with Gasteiger partial charge in [0.05, 0.1) is 7.11 Å². The van der Waals surface area contributed by atoms with Crippen LogP contribution < -0.4 is 10.1 Å². The monoisotopic (exact) mass is 385 g/mol. The molecule has 0 unspecified atom stereocenters. The molecule has 2 aromatic carbocycles. The number of hydrogen-bond donors (Lipinski definition) is 1. The van der Waals surface area contributed by atoms with Gasteiger partial charge in [-0.2, -0.15) is 0 Å². The maximum absolute atomic E-state index is 12.4. The minimum absolute atomic E-state index is 0.143. The summed E-state index contributed by atoms with van der Waals surface area (Å²) in [5, 5.41) is 3.67. The van der Waals surface area contributed by atoms with E-state index < -0.39 is 0 Å². The third-order valence-corrected chi connectivity index (χ3v) is 5.39. The van der Waals surface area contributed by atoms with Crippen LogP contribution in [0.4, 0.5) is 0 Å². The number of rotatable bonds is 6. The first-order chi connectivity index (χ1) is 13.1. The summed E-state index contributed by atoms with van der Waals surface area (Å²) in [7, 11) is 1.68. The topological polar surface area (TPSA) is 47.6 Å². The number of carbonyl (C=O) groups is 1. The minimum Gasteiger partial charge on any atom is -0.496 e. The van der Waals surface area contributed by atoms with Crippen LogP contribution in [0.25, 0.3) is 6.08 Å². The third kappa shape index (κ3) is 4.71. The molecule has 0 aromatic heterocycles. The second-order valence-electron chi connectivity index (χ2n) is 6.67. The number of methoxy groups -OCH3 is 1. The number of ether oxygens (including phenoxy) is 2. The van der Waals surface area contributed by atoms with Crippen LogP contribution in [0.2, 0.25) is 5.02 Å². The highest BCUT2D eigenvalue weighted by Gasteiger charge is 2.36. The number of benzene rings is 2. The summed E-state index contributed by atoms with van der Waals surface area (Å²) in [6, 6.07) is 15.4.